The summed E-state index contributed by atoms with van der Waals surface area (Å²) in [7, 11) is -1.40. The van der Waals surface area contributed by atoms with Crippen LogP contribution in [-0.2, 0) is 14.6 Å². The molecule has 0 saturated heterocycles. The first-order chi connectivity index (χ1) is 18.2. The number of sulfone groups is 1. The lowest BCUT2D eigenvalue weighted by molar-refractivity contribution is 0.0971. The van der Waals surface area contributed by atoms with Gasteiger partial charge in [-0.3, -0.25) is 0 Å². The van der Waals surface area contributed by atoms with Crippen LogP contribution in [0.3, 0.4) is 0 Å². The van der Waals surface area contributed by atoms with Gasteiger partial charge in [0, 0.05) is 36.5 Å². The summed E-state index contributed by atoms with van der Waals surface area (Å²) in [6.07, 6.45) is 1.53. The second kappa shape index (κ2) is 11.7. The normalized spacial score (nSPS) is 11.7. The number of rotatable bonds is 11. The van der Waals surface area contributed by atoms with Crippen LogP contribution < -0.4 is 10.6 Å². The van der Waals surface area contributed by atoms with Crippen molar-refractivity contribution in [3.05, 3.63) is 60.8 Å². The van der Waals surface area contributed by atoms with Gasteiger partial charge >= 0.3 is 0 Å². The molecule has 3 N–H and O–H groups in total. The summed E-state index contributed by atoms with van der Waals surface area (Å²) in [5.74, 6) is 0.559. The fourth-order valence-corrected chi connectivity index (χ4v) is 4.77. The lowest BCUT2D eigenvalue weighted by atomic mass is 10.1. The molecular weight excluding hydrogens is 506 g/mol. The Morgan fingerprint density at radius 2 is 1.68 bits per heavy atom. The summed E-state index contributed by atoms with van der Waals surface area (Å²) in [6.45, 7) is 4.85. The zero-order valence-electron chi connectivity index (χ0n) is 21.5. The highest BCUT2D eigenvalue weighted by Crippen LogP contribution is 2.30. The van der Waals surface area contributed by atoms with E-state index >= 15 is 0 Å². The van der Waals surface area contributed by atoms with E-state index in [-0.39, 0.29) is 17.3 Å². The summed E-state index contributed by atoms with van der Waals surface area (Å²) < 4.78 is 35.7. The van der Waals surface area contributed by atoms with E-state index in [2.05, 4.69) is 20.0 Å². The van der Waals surface area contributed by atoms with E-state index in [1.807, 2.05) is 31.3 Å². The summed E-state index contributed by atoms with van der Waals surface area (Å²) in [6, 6.07) is 16.1. The smallest absolute Gasteiger partial charge is 0.189 e. The molecule has 0 amide bonds. The predicted octanol–water partition coefficient (Wildman–Crippen LogP) is 3.68. The molecule has 0 aliphatic rings. The van der Waals surface area contributed by atoms with Crippen LogP contribution in [0.5, 0.6) is 0 Å². The lowest BCUT2D eigenvalue weighted by Gasteiger charge is -2.19. The summed E-state index contributed by atoms with van der Waals surface area (Å²) >= 11 is 0. The molecule has 0 unspecified atom stereocenters. The molecule has 0 aliphatic carbocycles. The van der Waals surface area contributed by atoms with Crippen LogP contribution in [0.2, 0.25) is 0 Å². The van der Waals surface area contributed by atoms with Gasteiger partial charge in [-0.25, -0.2) is 18.4 Å². The number of anilines is 2. The number of aromatic nitrogens is 3. The second-order valence-corrected chi connectivity index (χ2v) is 11.5. The van der Waals surface area contributed by atoms with E-state index in [1.54, 1.807) is 44.2 Å². The molecule has 10 nitrogen and oxygen atoms in total. The van der Waals surface area contributed by atoms with Crippen LogP contribution in [0.15, 0.2) is 70.2 Å². The Labute approximate surface area is 222 Å². The molecule has 4 aromatic rings. The van der Waals surface area contributed by atoms with Crippen molar-refractivity contribution in [1.29, 1.82) is 0 Å². The van der Waals surface area contributed by atoms with E-state index in [0.717, 1.165) is 11.3 Å². The summed E-state index contributed by atoms with van der Waals surface area (Å²) in [5, 5.41) is 12.5. The first-order valence-corrected chi connectivity index (χ1v) is 13.7. The lowest BCUT2D eigenvalue weighted by Crippen LogP contribution is -2.23. The zero-order chi connectivity index (χ0) is 27.3. The molecule has 2 heterocycles. The molecule has 200 valence electrons. The quantitative estimate of drug-likeness (QED) is 0.272. The Kier molecular flexibility index (Phi) is 8.40. The molecule has 2 aromatic heterocycles. The molecule has 2 aromatic carbocycles. The maximum absolute atomic E-state index is 12.4. The highest BCUT2D eigenvalue weighted by Gasteiger charge is 2.20. The van der Waals surface area contributed by atoms with Crippen LogP contribution in [-0.4, -0.2) is 67.3 Å². The maximum Gasteiger partial charge on any atom is 0.189 e. The molecule has 0 radical (unpaired) electrons. The first-order valence-electron chi connectivity index (χ1n) is 12.1. The molecule has 11 heteroatoms. The van der Waals surface area contributed by atoms with Gasteiger partial charge in [0.15, 0.2) is 27.1 Å². The number of nitrogen functional groups attached to an aromatic ring is 1. The van der Waals surface area contributed by atoms with E-state index in [0.29, 0.717) is 48.2 Å². The number of ether oxygens (including phenoxy) is 1. The third kappa shape index (κ3) is 6.01. The van der Waals surface area contributed by atoms with Gasteiger partial charge in [0.25, 0.3) is 0 Å². The van der Waals surface area contributed by atoms with Gasteiger partial charge in [-0.15, -0.1) is 0 Å². The van der Waals surface area contributed by atoms with Crippen molar-refractivity contribution in [3.63, 3.8) is 0 Å². The first kappa shape index (κ1) is 27.2. The van der Waals surface area contributed by atoms with Crippen LogP contribution >= 0.6 is 0 Å². The Morgan fingerprint density at radius 1 is 1.03 bits per heavy atom. The Morgan fingerprint density at radius 3 is 2.34 bits per heavy atom. The monoisotopic (exact) mass is 537 g/mol. The average molecular weight is 538 g/mol. The van der Waals surface area contributed by atoms with E-state index in [4.69, 9.17) is 20.1 Å². The number of hydrogen-bond acceptors (Lipinski definition) is 10. The van der Waals surface area contributed by atoms with Crippen LogP contribution in [0, 0.1) is 0 Å². The number of aliphatic hydroxyl groups is 1. The highest BCUT2D eigenvalue weighted by molar-refractivity contribution is 7.92. The summed E-state index contributed by atoms with van der Waals surface area (Å²) in [5.41, 5.74) is 10.2. The van der Waals surface area contributed by atoms with Crippen molar-refractivity contribution in [3.8, 4) is 34.0 Å². The molecule has 4 rings (SSSR count). The third-order valence-corrected chi connectivity index (χ3v) is 8.22. The van der Waals surface area contributed by atoms with Gasteiger partial charge in [0.2, 0.25) is 0 Å². The van der Waals surface area contributed by atoms with Gasteiger partial charge in [0.1, 0.15) is 5.69 Å². The van der Waals surface area contributed by atoms with Crippen LogP contribution in [0.1, 0.15) is 13.8 Å². The largest absolute Gasteiger partial charge is 0.394 e. The summed E-state index contributed by atoms with van der Waals surface area (Å²) in [4.78, 5) is 11.2. The SMILES string of the molecule is CC(C)S(=O)(=O)c1ccc(-c2cnc(N)c(-c3cc(-c4ccc(N(C)CCOCCO)cc4)no3)n2)cc1. The van der Waals surface area contributed by atoms with E-state index in [9.17, 15) is 8.42 Å². The molecule has 0 fully saturated rings. The van der Waals surface area contributed by atoms with Gasteiger partial charge in [0.05, 0.1) is 41.9 Å². The molecule has 0 atom stereocenters. The molecular formula is C27H31N5O5S. The Balaban J connectivity index is 1.52. The van der Waals surface area contributed by atoms with Gasteiger partial charge in [-0.2, -0.15) is 0 Å². The number of aliphatic hydroxyl groups excluding tert-OH is 1. The second-order valence-electron chi connectivity index (χ2n) is 8.99. The van der Waals surface area contributed by atoms with Gasteiger partial charge in [-0.05, 0) is 38.1 Å². The highest BCUT2D eigenvalue weighted by atomic mass is 32.2. The van der Waals surface area contributed by atoms with Crippen molar-refractivity contribution < 1.29 is 22.8 Å². The minimum absolute atomic E-state index is 0.0115. The Bertz CT molecular complexity index is 1470. The third-order valence-electron chi connectivity index (χ3n) is 6.05. The van der Waals surface area contributed by atoms with E-state index in [1.165, 1.54) is 6.20 Å². The molecule has 0 saturated carbocycles. The topological polar surface area (TPSA) is 145 Å². The molecule has 0 bridgehead atoms. The van der Waals surface area contributed by atoms with Gasteiger partial charge < -0.3 is 25.0 Å². The molecule has 38 heavy (non-hydrogen) atoms. The number of nitrogens with zero attached hydrogens (tertiary/aromatic N) is 4. The zero-order valence-corrected chi connectivity index (χ0v) is 22.4. The predicted molar refractivity (Wildman–Crippen MR) is 146 cm³/mol. The molecule has 0 spiro atoms. The van der Waals surface area contributed by atoms with Crippen LogP contribution in [0.4, 0.5) is 11.5 Å². The average Bonchev–Trinajstić information content (AvgIpc) is 3.41. The maximum atomic E-state index is 12.4. The number of nitrogens with two attached hydrogens (primary N) is 1. The Hall–Kier alpha value is -3.80. The van der Waals surface area contributed by atoms with Crippen LogP contribution in [0.25, 0.3) is 34.0 Å². The fraction of sp³-hybridized carbons (Fsp3) is 0.296. The van der Waals surface area contributed by atoms with Crippen molar-refractivity contribution in [2.24, 2.45) is 0 Å². The van der Waals surface area contributed by atoms with E-state index < -0.39 is 15.1 Å². The van der Waals surface area contributed by atoms with Gasteiger partial charge in [-0.1, -0.05) is 29.4 Å². The van der Waals surface area contributed by atoms with Crippen molar-refractivity contribution in [2.45, 2.75) is 24.0 Å². The molecule has 0 aliphatic heterocycles. The van der Waals surface area contributed by atoms with Crippen molar-refractivity contribution in [2.75, 3.05) is 44.0 Å². The van der Waals surface area contributed by atoms with Crippen molar-refractivity contribution >= 4 is 21.3 Å². The number of likely N-dealkylation sites (N-methyl/N-ethyl adjacent to an activating group) is 1. The minimum Gasteiger partial charge on any atom is -0.394 e. The standard InChI is InChI=1S/C27H31N5O5S/c1-18(2)38(34,35)22-10-6-20(7-11-22)24-17-29-27(28)26(30-24)25-16-23(31-37-25)19-4-8-21(9-5-19)32(3)12-14-36-15-13-33/h4-11,16-18,33H,12-15H2,1-3H3,(H2,28,29). The number of hydrogen-bond donors (Lipinski definition) is 2. The van der Waals surface area contributed by atoms with Crippen molar-refractivity contribution in [1.82, 2.24) is 15.1 Å². The minimum atomic E-state index is -3.37. The fourth-order valence-electron chi connectivity index (χ4n) is 3.71. The number of benzene rings is 2.